The molecule has 6 heteroatoms. The monoisotopic (exact) mass is 357 g/mol. The highest BCUT2D eigenvalue weighted by Crippen LogP contribution is 2.43. The second-order valence-corrected chi connectivity index (χ2v) is 6.28. The Balaban J connectivity index is 1.83. The first-order chi connectivity index (χ1) is 12.7. The molecule has 0 amide bonds. The Morgan fingerprint density at radius 2 is 1.46 bits per heavy atom. The van der Waals surface area contributed by atoms with Gasteiger partial charge in [0.1, 0.15) is 19.0 Å². The quantitative estimate of drug-likeness (QED) is 0.908. The predicted octanol–water partition coefficient (Wildman–Crippen LogP) is 2.72. The minimum Gasteiger partial charge on any atom is -0.496 e. The first-order valence-corrected chi connectivity index (χ1v) is 8.71. The van der Waals surface area contributed by atoms with Crippen molar-refractivity contribution in [3.63, 3.8) is 0 Å². The van der Waals surface area contributed by atoms with Crippen LogP contribution in [0.2, 0.25) is 0 Å². The van der Waals surface area contributed by atoms with Crippen molar-refractivity contribution < 1.29 is 23.7 Å². The molecule has 1 N–H and O–H groups in total. The molecule has 2 aliphatic heterocycles. The van der Waals surface area contributed by atoms with Gasteiger partial charge in [0.25, 0.3) is 0 Å². The van der Waals surface area contributed by atoms with Crippen LogP contribution < -0.4 is 29.0 Å². The highest BCUT2D eigenvalue weighted by Gasteiger charge is 2.28. The molecule has 1 unspecified atom stereocenters. The molecule has 0 bridgehead atoms. The molecule has 0 saturated heterocycles. The van der Waals surface area contributed by atoms with Crippen LogP contribution in [0.1, 0.15) is 22.7 Å². The second kappa shape index (κ2) is 6.96. The summed E-state index contributed by atoms with van der Waals surface area (Å²) >= 11 is 0. The van der Waals surface area contributed by atoms with Crippen LogP contribution in [0.4, 0.5) is 0 Å². The first-order valence-electron chi connectivity index (χ1n) is 8.71. The van der Waals surface area contributed by atoms with E-state index in [1.165, 1.54) is 11.1 Å². The molecule has 0 radical (unpaired) electrons. The molecule has 0 aliphatic carbocycles. The largest absolute Gasteiger partial charge is 0.496 e. The number of rotatable bonds is 4. The molecular weight excluding hydrogens is 334 g/mol. The summed E-state index contributed by atoms with van der Waals surface area (Å²) in [4.78, 5) is 0. The van der Waals surface area contributed by atoms with Crippen LogP contribution in [-0.2, 0) is 6.42 Å². The molecule has 0 aromatic heterocycles. The van der Waals surface area contributed by atoms with E-state index in [9.17, 15) is 0 Å². The zero-order valence-electron chi connectivity index (χ0n) is 15.3. The Kier molecular flexibility index (Phi) is 4.51. The van der Waals surface area contributed by atoms with E-state index < -0.39 is 0 Å². The lowest BCUT2D eigenvalue weighted by Gasteiger charge is -2.31. The highest BCUT2D eigenvalue weighted by molar-refractivity contribution is 5.57. The molecule has 26 heavy (non-hydrogen) atoms. The second-order valence-electron chi connectivity index (χ2n) is 6.28. The molecule has 2 aliphatic rings. The smallest absolute Gasteiger partial charge is 0.164 e. The topological polar surface area (TPSA) is 58.2 Å². The van der Waals surface area contributed by atoms with Gasteiger partial charge in [0.2, 0.25) is 0 Å². The van der Waals surface area contributed by atoms with Gasteiger partial charge in [-0.15, -0.1) is 0 Å². The zero-order valence-corrected chi connectivity index (χ0v) is 15.3. The van der Waals surface area contributed by atoms with Crippen LogP contribution in [0.3, 0.4) is 0 Å². The normalized spacial score (nSPS) is 18.0. The predicted molar refractivity (Wildman–Crippen MR) is 97.1 cm³/mol. The number of benzene rings is 2. The van der Waals surface area contributed by atoms with E-state index in [0.717, 1.165) is 35.8 Å². The van der Waals surface area contributed by atoms with Crippen molar-refractivity contribution >= 4 is 0 Å². The van der Waals surface area contributed by atoms with Gasteiger partial charge in [-0.2, -0.15) is 0 Å². The Bertz CT molecular complexity index is 820. The van der Waals surface area contributed by atoms with Crippen molar-refractivity contribution in [1.82, 2.24) is 5.32 Å². The molecule has 4 rings (SSSR count). The Labute approximate surface area is 153 Å². The lowest BCUT2D eigenvalue weighted by Crippen LogP contribution is -2.31. The van der Waals surface area contributed by atoms with Crippen molar-refractivity contribution in [3.8, 4) is 28.7 Å². The van der Waals surface area contributed by atoms with Crippen molar-refractivity contribution in [1.29, 1.82) is 0 Å². The molecule has 0 saturated carbocycles. The number of ether oxygens (including phenoxy) is 5. The van der Waals surface area contributed by atoms with Crippen LogP contribution in [0, 0.1) is 0 Å². The molecule has 1 atom stereocenters. The van der Waals surface area contributed by atoms with E-state index in [1.807, 2.05) is 12.1 Å². The van der Waals surface area contributed by atoms with Crippen LogP contribution in [0.25, 0.3) is 0 Å². The maximum atomic E-state index is 5.78. The maximum Gasteiger partial charge on any atom is 0.164 e. The number of methoxy groups -OCH3 is 3. The van der Waals surface area contributed by atoms with Crippen molar-refractivity contribution in [2.24, 2.45) is 0 Å². The summed E-state index contributed by atoms with van der Waals surface area (Å²) in [6.45, 7) is 2.04. The summed E-state index contributed by atoms with van der Waals surface area (Å²) in [7, 11) is 4.92. The summed E-state index contributed by atoms with van der Waals surface area (Å²) < 4.78 is 28.1. The molecule has 6 nitrogen and oxygen atoms in total. The Morgan fingerprint density at radius 1 is 0.808 bits per heavy atom. The van der Waals surface area contributed by atoms with E-state index >= 15 is 0 Å². The fourth-order valence-electron chi connectivity index (χ4n) is 3.65. The van der Waals surface area contributed by atoms with Gasteiger partial charge >= 0.3 is 0 Å². The van der Waals surface area contributed by atoms with E-state index in [-0.39, 0.29) is 6.04 Å². The minimum atomic E-state index is -0.0238. The molecule has 138 valence electrons. The minimum absolute atomic E-state index is 0.0238. The van der Waals surface area contributed by atoms with Crippen LogP contribution in [0.5, 0.6) is 28.7 Å². The number of hydrogen-bond donors (Lipinski definition) is 1. The van der Waals surface area contributed by atoms with Crippen molar-refractivity contribution in [2.45, 2.75) is 12.5 Å². The third-order valence-electron chi connectivity index (χ3n) is 4.90. The number of nitrogens with one attached hydrogen (secondary N) is 1. The van der Waals surface area contributed by atoms with E-state index in [2.05, 4.69) is 17.4 Å². The van der Waals surface area contributed by atoms with Crippen LogP contribution >= 0.6 is 0 Å². The van der Waals surface area contributed by atoms with Gasteiger partial charge in [0.15, 0.2) is 23.0 Å². The van der Waals surface area contributed by atoms with Crippen LogP contribution in [0.15, 0.2) is 24.3 Å². The zero-order chi connectivity index (χ0) is 18.1. The fraction of sp³-hybridized carbons (Fsp3) is 0.400. The van der Waals surface area contributed by atoms with Crippen LogP contribution in [-0.4, -0.2) is 41.1 Å². The molecule has 2 aromatic carbocycles. The molecule has 0 spiro atoms. The van der Waals surface area contributed by atoms with E-state index in [0.29, 0.717) is 24.7 Å². The third-order valence-corrected chi connectivity index (χ3v) is 4.90. The Hall–Kier alpha value is -2.60. The fourth-order valence-corrected chi connectivity index (χ4v) is 3.65. The van der Waals surface area contributed by atoms with Gasteiger partial charge in [-0.25, -0.2) is 0 Å². The van der Waals surface area contributed by atoms with Gasteiger partial charge in [-0.05, 0) is 35.7 Å². The van der Waals surface area contributed by atoms with Gasteiger partial charge in [-0.3, -0.25) is 0 Å². The van der Waals surface area contributed by atoms with E-state index in [1.54, 1.807) is 21.3 Å². The SMILES string of the molecule is COc1cc(OC)c(C2NCCc3cc4c(cc32)OCCO4)cc1OC. The van der Waals surface area contributed by atoms with Gasteiger partial charge in [0, 0.05) is 18.2 Å². The van der Waals surface area contributed by atoms with E-state index in [4.69, 9.17) is 23.7 Å². The van der Waals surface area contributed by atoms with Gasteiger partial charge in [-0.1, -0.05) is 0 Å². The average molecular weight is 357 g/mol. The standard InChI is InChI=1S/C20H23NO5/c1-22-15-11-17(24-3)16(23-2)10-14(15)20-13-9-19-18(25-6-7-26-19)8-12(13)4-5-21-20/h8-11,20-21H,4-7H2,1-3H3. The molecule has 0 fully saturated rings. The van der Waals surface area contributed by atoms with Gasteiger partial charge in [0.05, 0.1) is 27.4 Å². The first kappa shape index (κ1) is 16.8. The maximum absolute atomic E-state index is 5.78. The third kappa shape index (κ3) is 2.80. The summed E-state index contributed by atoms with van der Waals surface area (Å²) in [5, 5.41) is 3.59. The summed E-state index contributed by atoms with van der Waals surface area (Å²) in [6.07, 6.45) is 0.943. The molecule has 2 aromatic rings. The van der Waals surface area contributed by atoms with Crippen molar-refractivity contribution in [2.75, 3.05) is 41.1 Å². The molecule has 2 heterocycles. The number of fused-ring (bicyclic) bond motifs is 2. The molecular formula is C20H23NO5. The number of hydrogen-bond acceptors (Lipinski definition) is 6. The summed E-state index contributed by atoms with van der Waals surface area (Å²) in [5.74, 6) is 3.70. The average Bonchev–Trinajstić information content (AvgIpc) is 2.70. The summed E-state index contributed by atoms with van der Waals surface area (Å²) in [6, 6.07) is 8.00. The van der Waals surface area contributed by atoms with Crippen molar-refractivity contribution in [3.05, 3.63) is 41.0 Å². The Morgan fingerprint density at radius 3 is 2.15 bits per heavy atom. The summed E-state index contributed by atoms with van der Waals surface area (Å²) in [5.41, 5.74) is 3.43. The lowest BCUT2D eigenvalue weighted by molar-refractivity contribution is 0.171. The van der Waals surface area contributed by atoms with Gasteiger partial charge < -0.3 is 29.0 Å². The highest BCUT2D eigenvalue weighted by atomic mass is 16.6. The lowest BCUT2D eigenvalue weighted by atomic mass is 9.88.